The fraction of sp³-hybridized carbons (Fsp3) is 0.429. The van der Waals surface area contributed by atoms with Gasteiger partial charge in [-0.3, -0.25) is 4.79 Å². The number of thiazole rings is 1. The summed E-state index contributed by atoms with van der Waals surface area (Å²) in [7, 11) is 0. The zero-order valence-electron chi connectivity index (χ0n) is 11.9. The summed E-state index contributed by atoms with van der Waals surface area (Å²) in [4.78, 5) is 17.7. The minimum absolute atomic E-state index is 0. The van der Waals surface area contributed by atoms with Gasteiger partial charge in [0, 0.05) is 18.0 Å². The van der Waals surface area contributed by atoms with E-state index in [-0.39, 0.29) is 36.8 Å². The maximum atomic E-state index is 12.0. The van der Waals surface area contributed by atoms with Crippen LogP contribution < -0.4 is 11.1 Å². The van der Waals surface area contributed by atoms with Crippen LogP contribution in [0.25, 0.3) is 9.88 Å². The summed E-state index contributed by atoms with van der Waals surface area (Å²) in [6, 6.07) is 4.19. The zero-order valence-corrected chi connectivity index (χ0v) is 15.1. The average molecular weight is 380 g/mol. The van der Waals surface area contributed by atoms with Crippen LogP contribution in [0.2, 0.25) is 0 Å². The monoisotopic (exact) mass is 379 g/mol. The highest BCUT2D eigenvalue weighted by molar-refractivity contribution is 7.20. The van der Waals surface area contributed by atoms with Gasteiger partial charge in [-0.25, -0.2) is 4.98 Å². The van der Waals surface area contributed by atoms with E-state index in [0.717, 1.165) is 15.6 Å². The second-order valence-corrected chi connectivity index (χ2v) is 6.85. The van der Waals surface area contributed by atoms with Gasteiger partial charge >= 0.3 is 0 Å². The summed E-state index contributed by atoms with van der Waals surface area (Å²) in [5, 5.41) is 8.00. The topological polar surface area (TPSA) is 68.0 Å². The number of nitrogens with one attached hydrogen (secondary N) is 1. The number of rotatable bonds is 6. The molecule has 0 aliphatic heterocycles. The van der Waals surface area contributed by atoms with Crippen LogP contribution >= 0.6 is 47.5 Å². The van der Waals surface area contributed by atoms with Crippen LogP contribution in [0.5, 0.6) is 0 Å². The molecule has 0 aromatic carbocycles. The molecule has 1 aliphatic rings. The van der Waals surface area contributed by atoms with Gasteiger partial charge in [0.15, 0.2) is 0 Å². The fourth-order valence-corrected chi connectivity index (χ4v) is 3.83. The highest BCUT2D eigenvalue weighted by atomic mass is 35.5. The third-order valence-corrected chi connectivity index (χ3v) is 5.35. The van der Waals surface area contributed by atoms with E-state index in [0.29, 0.717) is 18.9 Å². The number of nitrogens with two attached hydrogens (primary N) is 1. The van der Waals surface area contributed by atoms with E-state index in [4.69, 9.17) is 5.73 Å². The highest BCUT2D eigenvalue weighted by Gasteiger charge is 2.31. The van der Waals surface area contributed by atoms with Gasteiger partial charge in [-0.15, -0.1) is 47.5 Å². The Morgan fingerprint density at radius 1 is 1.41 bits per heavy atom. The third kappa shape index (κ3) is 4.93. The Morgan fingerprint density at radius 2 is 2.18 bits per heavy atom. The molecule has 8 heteroatoms. The summed E-state index contributed by atoms with van der Waals surface area (Å²) >= 11 is 3.25. The first-order chi connectivity index (χ1) is 9.76. The predicted octanol–water partition coefficient (Wildman–Crippen LogP) is 3.11. The molecule has 22 heavy (non-hydrogen) atoms. The Kier molecular flexibility index (Phi) is 7.79. The quantitative estimate of drug-likeness (QED) is 0.809. The molecule has 122 valence electrons. The van der Waals surface area contributed by atoms with Crippen molar-refractivity contribution in [3.63, 3.8) is 0 Å². The number of carbonyl (C=O) groups is 1. The Bertz CT molecular complexity index is 585. The van der Waals surface area contributed by atoms with Crippen LogP contribution in [0.1, 0.15) is 18.5 Å². The summed E-state index contributed by atoms with van der Waals surface area (Å²) < 4.78 is 0. The fourth-order valence-electron chi connectivity index (χ4n) is 2.19. The molecule has 0 spiro atoms. The first kappa shape index (κ1) is 19.4. The Balaban J connectivity index is 0.00000121. The number of halogens is 2. The van der Waals surface area contributed by atoms with E-state index in [9.17, 15) is 4.79 Å². The number of hydrogen-bond acceptors (Lipinski definition) is 5. The van der Waals surface area contributed by atoms with Crippen molar-refractivity contribution in [1.82, 2.24) is 10.3 Å². The molecule has 3 N–H and O–H groups in total. The number of nitrogens with zero attached hydrogens (tertiary/aromatic N) is 1. The molecule has 0 bridgehead atoms. The molecule has 1 atom stereocenters. The lowest BCUT2D eigenvalue weighted by Gasteiger charge is -2.15. The standard InChI is InChI=1S/C14H17N3OS2.2ClH/c15-7-11(9-3-4-9)17-13(18)6-10-8-20-14(16-10)12-2-1-5-19-12;;/h1-2,5,8-9,11H,3-4,6-7,15H2,(H,17,18);2*1H. The molecule has 1 amide bonds. The van der Waals surface area contributed by atoms with E-state index >= 15 is 0 Å². The minimum atomic E-state index is 0. The largest absolute Gasteiger partial charge is 0.351 e. The molecule has 1 saturated carbocycles. The second-order valence-electron chi connectivity index (χ2n) is 5.05. The van der Waals surface area contributed by atoms with Crippen molar-refractivity contribution in [3.8, 4) is 9.88 Å². The van der Waals surface area contributed by atoms with Gasteiger partial charge < -0.3 is 11.1 Å². The lowest BCUT2D eigenvalue weighted by Crippen LogP contribution is -2.42. The SMILES string of the molecule is Cl.Cl.NCC(NC(=O)Cc1csc(-c2cccs2)n1)C1CC1. The van der Waals surface area contributed by atoms with Gasteiger partial charge in [0.2, 0.25) is 5.91 Å². The minimum Gasteiger partial charge on any atom is -0.351 e. The smallest absolute Gasteiger partial charge is 0.226 e. The molecule has 2 aromatic heterocycles. The van der Waals surface area contributed by atoms with E-state index in [2.05, 4.69) is 10.3 Å². The van der Waals surface area contributed by atoms with E-state index in [1.54, 1.807) is 22.7 Å². The van der Waals surface area contributed by atoms with Crippen molar-refractivity contribution in [3.05, 3.63) is 28.6 Å². The van der Waals surface area contributed by atoms with Crippen LogP contribution in [0.4, 0.5) is 0 Å². The first-order valence-electron chi connectivity index (χ1n) is 6.74. The second kappa shape index (κ2) is 8.84. The number of carbonyl (C=O) groups excluding carboxylic acids is 1. The van der Waals surface area contributed by atoms with Gasteiger partial charge in [-0.05, 0) is 30.2 Å². The number of hydrogen-bond donors (Lipinski definition) is 2. The first-order valence-corrected chi connectivity index (χ1v) is 8.50. The molecular weight excluding hydrogens is 361 g/mol. The van der Waals surface area contributed by atoms with Gasteiger partial charge in [0.1, 0.15) is 5.01 Å². The maximum Gasteiger partial charge on any atom is 0.226 e. The van der Waals surface area contributed by atoms with E-state index in [1.165, 1.54) is 12.8 Å². The molecule has 2 heterocycles. The number of thiophene rings is 1. The van der Waals surface area contributed by atoms with Crippen molar-refractivity contribution >= 4 is 53.4 Å². The van der Waals surface area contributed by atoms with Gasteiger partial charge in [0.25, 0.3) is 0 Å². The van der Waals surface area contributed by atoms with Crippen LogP contribution in [0, 0.1) is 5.92 Å². The summed E-state index contributed by atoms with van der Waals surface area (Å²) in [6.07, 6.45) is 2.70. The van der Waals surface area contributed by atoms with Gasteiger partial charge in [0.05, 0.1) is 17.0 Å². The average Bonchev–Trinajstić information content (AvgIpc) is 2.95. The van der Waals surface area contributed by atoms with Gasteiger partial charge in [-0.2, -0.15) is 0 Å². The number of amides is 1. The van der Waals surface area contributed by atoms with Crippen molar-refractivity contribution < 1.29 is 4.79 Å². The van der Waals surface area contributed by atoms with Crippen molar-refractivity contribution in [2.75, 3.05) is 6.54 Å². The van der Waals surface area contributed by atoms with E-state index < -0.39 is 0 Å². The molecule has 4 nitrogen and oxygen atoms in total. The number of aromatic nitrogens is 1. The van der Waals surface area contributed by atoms with Crippen molar-refractivity contribution in [1.29, 1.82) is 0 Å². The Labute approximate surface area is 150 Å². The van der Waals surface area contributed by atoms with Crippen LogP contribution in [-0.4, -0.2) is 23.5 Å². The highest BCUT2D eigenvalue weighted by Crippen LogP contribution is 2.32. The van der Waals surface area contributed by atoms with Crippen molar-refractivity contribution in [2.24, 2.45) is 11.7 Å². The Hall–Kier alpha value is -0.660. The summed E-state index contributed by atoms with van der Waals surface area (Å²) in [6.45, 7) is 0.522. The van der Waals surface area contributed by atoms with Crippen LogP contribution in [0.3, 0.4) is 0 Å². The Morgan fingerprint density at radius 3 is 2.77 bits per heavy atom. The van der Waals surface area contributed by atoms with Crippen molar-refractivity contribution in [2.45, 2.75) is 25.3 Å². The normalized spacial score (nSPS) is 14.6. The molecule has 1 aliphatic carbocycles. The molecule has 2 aromatic rings. The van der Waals surface area contributed by atoms with Crippen LogP contribution in [0.15, 0.2) is 22.9 Å². The van der Waals surface area contributed by atoms with Crippen LogP contribution in [-0.2, 0) is 11.2 Å². The maximum absolute atomic E-state index is 12.0. The zero-order chi connectivity index (χ0) is 13.9. The van der Waals surface area contributed by atoms with E-state index in [1.807, 2.05) is 22.9 Å². The molecule has 0 saturated heterocycles. The predicted molar refractivity (Wildman–Crippen MR) is 97.3 cm³/mol. The molecule has 1 fully saturated rings. The molecule has 3 rings (SSSR count). The third-order valence-electron chi connectivity index (χ3n) is 3.42. The summed E-state index contributed by atoms with van der Waals surface area (Å²) in [5.74, 6) is 0.608. The summed E-state index contributed by atoms with van der Waals surface area (Å²) in [5.41, 5.74) is 6.53. The molecular formula is C14H19Cl2N3OS2. The molecule has 1 unspecified atom stereocenters. The lowest BCUT2D eigenvalue weighted by atomic mass is 10.2. The molecule has 0 radical (unpaired) electrons. The lowest BCUT2D eigenvalue weighted by molar-refractivity contribution is -0.121. The van der Waals surface area contributed by atoms with Gasteiger partial charge in [-0.1, -0.05) is 6.07 Å².